The SMILES string of the molecule is COc1cc(NC(=O)COC(=O)[C@@H](NC(=O)c2ccccc2)C(C)C)c(C)cc1[N+](=O)[O-]. The molecule has 0 fully saturated rings. The standard InChI is InChI=1S/C22H25N3O7/c1-13(2)20(24-21(27)15-8-6-5-7-9-15)22(28)32-12-19(26)23-16-11-18(31-4)17(25(29)30)10-14(16)3/h5-11,13,20H,12H2,1-4H3,(H,23,26)(H,24,27)/t20-/m0/s1. The van der Waals surface area contributed by atoms with Crippen LogP contribution < -0.4 is 15.4 Å². The number of nitro benzene ring substituents is 1. The van der Waals surface area contributed by atoms with Gasteiger partial charge in [-0.3, -0.25) is 19.7 Å². The molecule has 2 aromatic carbocycles. The lowest BCUT2D eigenvalue weighted by molar-refractivity contribution is -0.385. The lowest BCUT2D eigenvalue weighted by Crippen LogP contribution is -2.45. The molecule has 0 spiro atoms. The monoisotopic (exact) mass is 443 g/mol. The molecular formula is C22H25N3O7. The van der Waals surface area contributed by atoms with Crippen molar-refractivity contribution in [1.82, 2.24) is 5.32 Å². The topological polar surface area (TPSA) is 137 Å². The summed E-state index contributed by atoms with van der Waals surface area (Å²) in [6.45, 7) is 4.47. The summed E-state index contributed by atoms with van der Waals surface area (Å²) in [6, 6.07) is 10.1. The van der Waals surface area contributed by atoms with Gasteiger partial charge in [0.15, 0.2) is 12.4 Å². The number of hydrogen-bond acceptors (Lipinski definition) is 7. The number of carbonyl (C=O) groups is 3. The summed E-state index contributed by atoms with van der Waals surface area (Å²) in [5.74, 6) is -2.12. The Bertz CT molecular complexity index is 1010. The van der Waals surface area contributed by atoms with Gasteiger partial charge in [0, 0.05) is 23.4 Å². The minimum absolute atomic E-state index is 0.0172. The average Bonchev–Trinajstić information content (AvgIpc) is 2.76. The number of nitrogens with zero attached hydrogens (tertiary/aromatic N) is 1. The molecule has 0 aliphatic rings. The zero-order chi connectivity index (χ0) is 23.8. The molecule has 0 aliphatic carbocycles. The normalized spacial score (nSPS) is 11.4. The van der Waals surface area contributed by atoms with Crippen molar-refractivity contribution < 1.29 is 28.8 Å². The third-order valence-electron chi connectivity index (χ3n) is 4.59. The minimum atomic E-state index is -0.947. The Hall–Kier alpha value is -3.95. The van der Waals surface area contributed by atoms with Crippen molar-refractivity contribution in [2.24, 2.45) is 5.92 Å². The Kier molecular flexibility index (Phi) is 8.28. The van der Waals surface area contributed by atoms with Crippen molar-refractivity contribution >= 4 is 29.2 Å². The highest BCUT2D eigenvalue weighted by Gasteiger charge is 2.27. The van der Waals surface area contributed by atoms with Gasteiger partial charge in [0.05, 0.1) is 12.0 Å². The van der Waals surface area contributed by atoms with Gasteiger partial charge in [0.1, 0.15) is 6.04 Å². The van der Waals surface area contributed by atoms with E-state index in [2.05, 4.69) is 10.6 Å². The average molecular weight is 443 g/mol. The molecule has 170 valence electrons. The maximum atomic E-state index is 12.5. The van der Waals surface area contributed by atoms with Gasteiger partial charge in [0.2, 0.25) is 0 Å². The molecule has 10 heteroatoms. The van der Waals surface area contributed by atoms with E-state index in [4.69, 9.17) is 9.47 Å². The van der Waals surface area contributed by atoms with Crippen LogP contribution in [0.3, 0.4) is 0 Å². The highest BCUT2D eigenvalue weighted by molar-refractivity contribution is 5.97. The Morgan fingerprint density at radius 2 is 1.78 bits per heavy atom. The van der Waals surface area contributed by atoms with Gasteiger partial charge in [0.25, 0.3) is 11.8 Å². The third kappa shape index (κ3) is 6.27. The third-order valence-corrected chi connectivity index (χ3v) is 4.59. The first-order valence-electron chi connectivity index (χ1n) is 9.79. The van der Waals surface area contributed by atoms with E-state index in [-0.39, 0.29) is 23.0 Å². The van der Waals surface area contributed by atoms with Crippen LogP contribution in [-0.4, -0.2) is 42.5 Å². The van der Waals surface area contributed by atoms with Crippen molar-refractivity contribution in [3.8, 4) is 5.75 Å². The molecule has 1 atom stereocenters. The molecule has 0 unspecified atom stereocenters. The molecule has 2 amide bonds. The fraction of sp³-hybridized carbons (Fsp3) is 0.318. The van der Waals surface area contributed by atoms with Crippen molar-refractivity contribution in [3.05, 3.63) is 63.7 Å². The largest absolute Gasteiger partial charge is 0.490 e. The second kappa shape index (κ2) is 10.9. The molecule has 2 N–H and O–H groups in total. The lowest BCUT2D eigenvalue weighted by Gasteiger charge is -2.21. The molecule has 0 heterocycles. The van der Waals surface area contributed by atoms with Gasteiger partial charge < -0.3 is 20.1 Å². The number of nitro groups is 1. The van der Waals surface area contributed by atoms with Crippen LogP contribution in [0.4, 0.5) is 11.4 Å². The van der Waals surface area contributed by atoms with Gasteiger partial charge in [-0.2, -0.15) is 0 Å². The molecule has 0 radical (unpaired) electrons. The predicted octanol–water partition coefficient (Wildman–Crippen LogP) is 2.85. The van der Waals surface area contributed by atoms with Crippen molar-refractivity contribution in [2.75, 3.05) is 19.0 Å². The molecule has 2 aromatic rings. The molecular weight excluding hydrogens is 418 g/mol. The molecule has 0 bridgehead atoms. The lowest BCUT2D eigenvalue weighted by atomic mass is 10.0. The molecule has 0 aliphatic heterocycles. The molecule has 2 rings (SSSR count). The summed E-state index contributed by atoms with van der Waals surface area (Å²) in [5, 5.41) is 16.2. The van der Waals surface area contributed by atoms with Crippen LogP contribution in [-0.2, 0) is 14.3 Å². The zero-order valence-electron chi connectivity index (χ0n) is 18.2. The zero-order valence-corrected chi connectivity index (χ0v) is 18.2. The summed E-state index contributed by atoms with van der Waals surface area (Å²) < 4.78 is 10.1. The van der Waals surface area contributed by atoms with Gasteiger partial charge in [-0.25, -0.2) is 4.79 Å². The number of aryl methyl sites for hydroxylation is 1. The maximum Gasteiger partial charge on any atom is 0.329 e. The predicted molar refractivity (Wildman–Crippen MR) is 117 cm³/mol. The van der Waals surface area contributed by atoms with Gasteiger partial charge in [-0.15, -0.1) is 0 Å². The Balaban J connectivity index is 2.01. The minimum Gasteiger partial charge on any atom is -0.490 e. The van der Waals surface area contributed by atoms with E-state index in [1.165, 1.54) is 19.2 Å². The smallest absolute Gasteiger partial charge is 0.329 e. The van der Waals surface area contributed by atoms with E-state index in [9.17, 15) is 24.5 Å². The second-order valence-electron chi connectivity index (χ2n) is 7.31. The summed E-state index contributed by atoms with van der Waals surface area (Å²) in [5.41, 5.74) is 0.883. The fourth-order valence-electron chi connectivity index (χ4n) is 2.84. The number of hydrogen-bond donors (Lipinski definition) is 2. The van der Waals surface area contributed by atoms with E-state index >= 15 is 0 Å². The van der Waals surface area contributed by atoms with Gasteiger partial charge in [-0.05, 0) is 30.5 Å². The first-order chi connectivity index (χ1) is 15.1. The highest BCUT2D eigenvalue weighted by atomic mass is 16.6. The highest BCUT2D eigenvalue weighted by Crippen LogP contribution is 2.32. The summed E-state index contributed by atoms with van der Waals surface area (Å²) in [4.78, 5) is 47.6. The Morgan fingerprint density at radius 1 is 1.12 bits per heavy atom. The van der Waals surface area contributed by atoms with Crippen molar-refractivity contribution in [3.63, 3.8) is 0 Å². The van der Waals surface area contributed by atoms with Crippen LogP contribution in [0.25, 0.3) is 0 Å². The summed E-state index contributed by atoms with van der Waals surface area (Å²) >= 11 is 0. The second-order valence-corrected chi connectivity index (χ2v) is 7.31. The molecule has 10 nitrogen and oxygen atoms in total. The van der Waals surface area contributed by atoms with E-state index < -0.39 is 35.4 Å². The summed E-state index contributed by atoms with van der Waals surface area (Å²) in [7, 11) is 1.28. The number of benzene rings is 2. The van der Waals surface area contributed by atoms with Crippen LogP contribution in [0.15, 0.2) is 42.5 Å². The first kappa shape index (κ1) is 24.3. The number of nitrogens with one attached hydrogen (secondary N) is 2. The fourth-order valence-corrected chi connectivity index (χ4v) is 2.84. The number of amides is 2. The van der Waals surface area contributed by atoms with Crippen molar-refractivity contribution in [1.29, 1.82) is 0 Å². The van der Waals surface area contributed by atoms with E-state index in [0.29, 0.717) is 11.1 Å². The van der Waals surface area contributed by atoms with Crippen LogP contribution in [0, 0.1) is 23.0 Å². The van der Waals surface area contributed by atoms with Gasteiger partial charge in [-0.1, -0.05) is 32.0 Å². The van der Waals surface area contributed by atoms with Crippen LogP contribution >= 0.6 is 0 Å². The molecule has 32 heavy (non-hydrogen) atoms. The first-order valence-corrected chi connectivity index (χ1v) is 9.79. The van der Waals surface area contributed by atoms with E-state index in [1.54, 1.807) is 51.1 Å². The number of ether oxygens (including phenoxy) is 2. The van der Waals surface area contributed by atoms with Crippen LogP contribution in [0.2, 0.25) is 0 Å². The van der Waals surface area contributed by atoms with Gasteiger partial charge >= 0.3 is 11.7 Å². The number of methoxy groups -OCH3 is 1. The maximum absolute atomic E-state index is 12.5. The molecule has 0 saturated heterocycles. The quantitative estimate of drug-likeness (QED) is 0.345. The molecule has 0 saturated carbocycles. The van der Waals surface area contributed by atoms with Crippen molar-refractivity contribution in [2.45, 2.75) is 26.8 Å². The number of anilines is 1. The number of esters is 1. The van der Waals surface area contributed by atoms with E-state index in [0.717, 1.165) is 0 Å². The Morgan fingerprint density at radius 3 is 2.34 bits per heavy atom. The number of carbonyl (C=O) groups excluding carboxylic acids is 3. The number of rotatable bonds is 9. The molecule has 0 aromatic heterocycles. The van der Waals surface area contributed by atoms with Crippen LogP contribution in [0.1, 0.15) is 29.8 Å². The van der Waals surface area contributed by atoms with E-state index in [1.807, 2.05) is 0 Å². The Labute approximate surface area is 185 Å². The summed E-state index contributed by atoms with van der Waals surface area (Å²) in [6.07, 6.45) is 0. The van der Waals surface area contributed by atoms with Crippen LogP contribution in [0.5, 0.6) is 5.75 Å².